The first kappa shape index (κ1) is 16.5. The molecule has 1 aromatic carbocycles. The van der Waals surface area contributed by atoms with Crippen LogP contribution in [-0.4, -0.2) is 31.6 Å². The number of benzene rings is 1. The molecule has 112 valence electrons. The standard InChI is InChI=1S/C16H27N3O/c1-6-12(2)11-19(5)16(20)18-15-9-7-8-14(10-15)13(3)17-4/h7-10,12-13,17H,6,11H2,1-5H3,(H,18,20). The van der Waals surface area contributed by atoms with E-state index in [2.05, 4.69) is 37.5 Å². The highest BCUT2D eigenvalue weighted by Gasteiger charge is 2.12. The first-order chi connectivity index (χ1) is 9.47. The van der Waals surface area contributed by atoms with E-state index in [1.165, 1.54) is 0 Å². The lowest BCUT2D eigenvalue weighted by atomic mass is 10.1. The predicted octanol–water partition coefficient (Wildman–Crippen LogP) is 3.48. The Morgan fingerprint density at radius 3 is 2.65 bits per heavy atom. The average molecular weight is 277 g/mol. The van der Waals surface area contributed by atoms with Crippen molar-refractivity contribution in [3.8, 4) is 0 Å². The zero-order valence-corrected chi connectivity index (χ0v) is 13.2. The van der Waals surface area contributed by atoms with Crippen LogP contribution in [-0.2, 0) is 0 Å². The summed E-state index contributed by atoms with van der Waals surface area (Å²) in [6.45, 7) is 7.16. The molecule has 2 unspecified atom stereocenters. The fourth-order valence-electron chi connectivity index (χ4n) is 1.95. The Morgan fingerprint density at radius 2 is 2.05 bits per heavy atom. The van der Waals surface area contributed by atoms with Gasteiger partial charge in [0.05, 0.1) is 0 Å². The van der Waals surface area contributed by atoms with Crippen LogP contribution in [0.15, 0.2) is 24.3 Å². The Balaban J connectivity index is 2.66. The number of rotatable bonds is 6. The molecule has 20 heavy (non-hydrogen) atoms. The molecule has 2 atom stereocenters. The minimum atomic E-state index is -0.0560. The van der Waals surface area contributed by atoms with E-state index in [4.69, 9.17) is 0 Å². The van der Waals surface area contributed by atoms with Gasteiger partial charge < -0.3 is 15.5 Å². The molecule has 4 nitrogen and oxygen atoms in total. The van der Waals surface area contributed by atoms with Crippen molar-refractivity contribution in [2.45, 2.75) is 33.2 Å². The lowest BCUT2D eigenvalue weighted by Gasteiger charge is -2.21. The van der Waals surface area contributed by atoms with Gasteiger partial charge in [0.15, 0.2) is 0 Å². The summed E-state index contributed by atoms with van der Waals surface area (Å²) in [4.78, 5) is 13.9. The Morgan fingerprint density at radius 1 is 1.35 bits per heavy atom. The highest BCUT2D eigenvalue weighted by atomic mass is 16.2. The maximum Gasteiger partial charge on any atom is 0.321 e. The lowest BCUT2D eigenvalue weighted by molar-refractivity contribution is 0.215. The first-order valence-corrected chi connectivity index (χ1v) is 7.27. The minimum absolute atomic E-state index is 0.0560. The summed E-state index contributed by atoms with van der Waals surface area (Å²) in [5.41, 5.74) is 2.00. The molecule has 2 amide bonds. The van der Waals surface area contributed by atoms with Gasteiger partial charge in [-0.25, -0.2) is 4.79 Å². The van der Waals surface area contributed by atoms with E-state index in [1.807, 2.05) is 32.3 Å². The third-order valence-corrected chi connectivity index (χ3v) is 3.70. The van der Waals surface area contributed by atoms with Crippen LogP contribution >= 0.6 is 0 Å². The zero-order valence-electron chi connectivity index (χ0n) is 13.2. The van der Waals surface area contributed by atoms with Crippen molar-refractivity contribution < 1.29 is 4.79 Å². The van der Waals surface area contributed by atoms with Crippen molar-refractivity contribution in [2.75, 3.05) is 26.0 Å². The van der Waals surface area contributed by atoms with Gasteiger partial charge in [0.2, 0.25) is 0 Å². The molecule has 0 saturated carbocycles. The van der Waals surface area contributed by atoms with Gasteiger partial charge in [-0.3, -0.25) is 0 Å². The molecular weight excluding hydrogens is 250 g/mol. The Bertz CT molecular complexity index is 433. The second kappa shape index (κ2) is 7.90. The normalized spacial score (nSPS) is 13.7. The summed E-state index contributed by atoms with van der Waals surface area (Å²) < 4.78 is 0. The van der Waals surface area contributed by atoms with E-state index >= 15 is 0 Å². The summed E-state index contributed by atoms with van der Waals surface area (Å²) >= 11 is 0. The van der Waals surface area contributed by atoms with E-state index < -0.39 is 0 Å². The van der Waals surface area contributed by atoms with Crippen LogP contribution in [0.2, 0.25) is 0 Å². The van der Waals surface area contributed by atoms with E-state index in [0.29, 0.717) is 5.92 Å². The second-order valence-electron chi connectivity index (χ2n) is 5.46. The molecule has 4 heteroatoms. The number of hydrogen-bond acceptors (Lipinski definition) is 2. The van der Waals surface area contributed by atoms with Crippen LogP contribution in [0.4, 0.5) is 10.5 Å². The number of carbonyl (C=O) groups is 1. The number of hydrogen-bond donors (Lipinski definition) is 2. The van der Waals surface area contributed by atoms with E-state index in [1.54, 1.807) is 4.90 Å². The fourth-order valence-corrected chi connectivity index (χ4v) is 1.95. The van der Waals surface area contributed by atoms with Gasteiger partial charge in [0.25, 0.3) is 0 Å². The monoisotopic (exact) mass is 277 g/mol. The quantitative estimate of drug-likeness (QED) is 0.836. The molecule has 0 aliphatic rings. The number of anilines is 1. The third-order valence-electron chi connectivity index (χ3n) is 3.70. The first-order valence-electron chi connectivity index (χ1n) is 7.27. The molecule has 0 heterocycles. The predicted molar refractivity (Wildman–Crippen MR) is 85.0 cm³/mol. The maximum absolute atomic E-state index is 12.1. The Labute approximate surface area is 122 Å². The molecule has 0 aliphatic heterocycles. The number of amides is 2. The smallest absolute Gasteiger partial charge is 0.321 e. The molecular formula is C16H27N3O. The summed E-state index contributed by atoms with van der Waals surface area (Å²) in [5.74, 6) is 0.515. The molecule has 0 aromatic heterocycles. The topological polar surface area (TPSA) is 44.4 Å². The SMILES string of the molecule is CCC(C)CN(C)C(=O)Nc1cccc(C(C)NC)c1. The second-order valence-corrected chi connectivity index (χ2v) is 5.46. The molecule has 0 spiro atoms. The van der Waals surface area contributed by atoms with Crippen LogP contribution in [0, 0.1) is 5.92 Å². The summed E-state index contributed by atoms with van der Waals surface area (Å²) in [7, 11) is 3.76. The van der Waals surface area contributed by atoms with Crippen molar-refractivity contribution >= 4 is 11.7 Å². The highest BCUT2D eigenvalue weighted by Crippen LogP contribution is 2.17. The van der Waals surface area contributed by atoms with Crippen LogP contribution < -0.4 is 10.6 Å². The van der Waals surface area contributed by atoms with Crippen molar-refractivity contribution in [3.05, 3.63) is 29.8 Å². The van der Waals surface area contributed by atoms with Gasteiger partial charge in [0.1, 0.15) is 0 Å². The van der Waals surface area contributed by atoms with Crippen LogP contribution in [0.5, 0.6) is 0 Å². The molecule has 0 fully saturated rings. The Hall–Kier alpha value is -1.55. The lowest BCUT2D eigenvalue weighted by Crippen LogP contribution is -2.34. The highest BCUT2D eigenvalue weighted by molar-refractivity contribution is 5.89. The van der Waals surface area contributed by atoms with Crippen molar-refractivity contribution in [3.63, 3.8) is 0 Å². The van der Waals surface area contributed by atoms with Crippen molar-refractivity contribution in [1.29, 1.82) is 0 Å². The van der Waals surface area contributed by atoms with Crippen molar-refractivity contribution in [2.24, 2.45) is 5.92 Å². The van der Waals surface area contributed by atoms with Crippen LogP contribution in [0.3, 0.4) is 0 Å². The van der Waals surface area contributed by atoms with Crippen LogP contribution in [0.1, 0.15) is 38.8 Å². The van der Waals surface area contributed by atoms with Gasteiger partial charge in [-0.15, -0.1) is 0 Å². The molecule has 2 N–H and O–H groups in total. The molecule has 1 aromatic rings. The molecule has 0 radical (unpaired) electrons. The summed E-state index contributed by atoms with van der Waals surface area (Å²) in [6.07, 6.45) is 1.08. The number of nitrogens with one attached hydrogen (secondary N) is 2. The van der Waals surface area contributed by atoms with E-state index in [0.717, 1.165) is 24.2 Å². The number of carbonyl (C=O) groups excluding carboxylic acids is 1. The molecule has 0 saturated heterocycles. The fraction of sp³-hybridized carbons (Fsp3) is 0.562. The number of urea groups is 1. The van der Waals surface area contributed by atoms with Gasteiger partial charge in [-0.2, -0.15) is 0 Å². The zero-order chi connectivity index (χ0) is 15.1. The van der Waals surface area contributed by atoms with Gasteiger partial charge in [0, 0.05) is 25.3 Å². The van der Waals surface area contributed by atoms with Gasteiger partial charge >= 0.3 is 6.03 Å². The largest absolute Gasteiger partial charge is 0.327 e. The minimum Gasteiger partial charge on any atom is -0.327 e. The third kappa shape index (κ3) is 4.85. The van der Waals surface area contributed by atoms with Gasteiger partial charge in [-0.05, 0) is 37.6 Å². The van der Waals surface area contributed by atoms with E-state index in [9.17, 15) is 4.79 Å². The van der Waals surface area contributed by atoms with Gasteiger partial charge in [-0.1, -0.05) is 32.4 Å². The summed E-state index contributed by atoms with van der Waals surface area (Å²) in [5, 5.41) is 6.14. The molecule has 0 bridgehead atoms. The van der Waals surface area contributed by atoms with Crippen molar-refractivity contribution in [1.82, 2.24) is 10.2 Å². The number of nitrogens with zero attached hydrogens (tertiary/aromatic N) is 1. The summed E-state index contributed by atoms with van der Waals surface area (Å²) in [6, 6.07) is 8.16. The van der Waals surface area contributed by atoms with Crippen LogP contribution in [0.25, 0.3) is 0 Å². The Kier molecular flexibility index (Phi) is 6.52. The molecule has 1 rings (SSSR count). The van der Waals surface area contributed by atoms with E-state index in [-0.39, 0.29) is 12.1 Å². The molecule has 0 aliphatic carbocycles. The average Bonchev–Trinajstić information content (AvgIpc) is 2.46. The maximum atomic E-state index is 12.1.